The normalized spacial score (nSPS) is 10.8. The summed E-state index contributed by atoms with van der Waals surface area (Å²) in [6.45, 7) is 1.79. The fourth-order valence-electron chi connectivity index (χ4n) is 2.41. The highest BCUT2D eigenvalue weighted by Crippen LogP contribution is 2.22. The van der Waals surface area contributed by atoms with E-state index in [1.54, 1.807) is 37.8 Å². The van der Waals surface area contributed by atoms with Gasteiger partial charge in [0.05, 0.1) is 18.2 Å². The second-order valence-corrected chi connectivity index (χ2v) is 5.46. The van der Waals surface area contributed by atoms with E-state index in [1.165, 1.54) is 0 Å². The average Bonchev–Trinajstić information content (AvgIpc) is 3.36. The molecule has 7 nitrogen and oxygen atoms in total. The molecule has 0 fully saturated rings. The number of carbonyl (C=O) groups is 1. The first-order valence-corrected chi connectivity index (χ1v) is 7.61. The lowest BCUT2D eigenvalue weighted by Crippen LogP contribution is -2.12. The van der Waals surface area contributed by atoms with Gasteiger partial charge < -0.3 is 14.2 Å². The lowest BCUT2D eigenvalue weighted by molar-refractivity contribution is 0.102. The van der Waals surface area contributed by atoms with Crippen LogP contribution < -0.4 is 5.32 Å². The van der Waals surface area contributed by atoms with E-state index in [0.29, 0.717) is 23.0 Å². The molecule has 2 N–H and O–H groups in total. The smallest absolute Gasteiger partial charge is 0.273 e. The number of H-pyrrole nitrogens is 1. The Hall–Kier alpha value is -3.61. The van der Waals surface area contributed by atoms with Gasteiger partial charge in [0.25, 0.3) is 5.91 Å². The summed E-state index contributed by atoms with van der Waals surface area (Å²) in [5.41, 5.74) is 4.17. The second-order valence-electron chi connectivity index (χ2n) is 5.46. The molecule has 7 heteroatoms. The van der Waals surface area contributed by atoms with Crippen LogP contribution in [0.5, 0.6) is 0 Å². The summed E-state index contributed by atoms with van der Waals surface area (Å²) in [6, 6.07) is 10.8. The highest BCUT2D eigenvalue weighted by molar-refractivity contribution is 6.03. The zero-order chi connectivity index (χ0) is 17.2. The number of nitrogens with one attached hydrogen (secondary N) is 2. The van der Waals surface area contributed by atoms with E-state index in [0.717, 1.165) is 16.8 Å². The van der Waals surface area contributed by atoms with Gasteiger partial charge in [-0.05, 0) is 24.3 Å². The number of rotatable bonds is 4. The Balaban J connectivity index is 1.47. The van der Waals surface area contributed by atoms with Gasteiger partial charge in [0.2, 0.25) is 0 Å². The third-order valence-electron chi connectivity index (χ3n) is 3.70. The van der Waals surface area contributed by atoms with Crippen LogP contribution in [0.2, 0.25) is 0 Å². The summed E-state index contributed by atoms with van der Waals surface area (Å²) in [6.07, 6.45) is 4.73. The van der Waals surface area contributed by atoms with Crippen LogP contribution in [0.15, 0.2) is 64.0 Å². The maximum absolute atomic E-state index is 12.3. The minimum atomic E-state index is -0.271. The number of nitrogens with zero attached hydrogens (tertiary/aromatic N) is 2. The van der Waals surface area contributed by atoms with Crippen molar-refractivity contribution in [2.75, 3.05) is 5.32 Å². The standard InChI is InChI=1S/C18H14N4O3/c1-11-19-17(10-25-11)12-2-4-14(5-3-12)20-18(23)16-8-15(21-22-16)13-6-7-24-9-13/h2-10H,1H3,(H,20,23)(H,21,22). The van der Waals surface area contributed by atoms with E-state index < -0.39 is 0 Å². The topological polar surface area (TPSA) is 97.0 Å². The van der Waals surface area contributed by atoms with Crippen LogP contribution in [0.4, 0.5) is 5.69 Å². The minimum Gasteiger partial charge on any atom is -0.472 e. The second kappa shape index (κ2) is 6.12. The Morgan fingerprint density at radius 1 is 1.08 bits per heavy atom. The van der Waals surface area contributed by atoms with Gasteiger partial charge in [0, 0.05) is 23.7 Å². The molecule has 0 saturated carbocycles. The van der Waals surface area contributed by atoms with Crippen molar-refractivity contribution in [2.45, 2.75) is 6.92 Å². The van der Waals surface area contributed by atoms with Gasteiger partial charge in [-0.2, -0.15) is 5.10 Å². The number of oxazole rings is 1. The molecule has 4 rings (SSSR count). The number of hydrogen-bond donors (Lipinski definition) is 2. The van der Waals surface area contributed by atoms with Crippen molar-refractivity contribution < 1.29 is 13.6 Å². The number of amides is 1. The van der Waals surface area contributed by atoms with E-state index in [4.69, 9.17) is 8.83 Å². The summed E-state index contributed by atoms with van der Waals surface area (Å²) in [4.78, 5) is 16.6. The molecule has 25 heavy (non-hydrogen) atoms. The van der Waals surface area contributed by atoms with Crippen LogP contribution in [0.3, 0.4) is 0 Å². The average molecular weight is 334 g/mol. The van der Waals surface area contributed by atoms with Gasteiger partial charge in [-0.15, -0.1) is 0 Å². The molecule has 0 atom stereocenters. The molecule has 1 aromatic carbocycles. The van der Waals surface area contributed by atoms with Crippen LogP contribution in [0.25, 0.3) is 22.5 Å². The van der Waals surface area contributed by atoms with E-state index in [-0.39, 0.29) is 5.91 Å². The summed E-state index contributed by atoms with van der Waals surface area (Å²) < 4.78 is 10.2. The predicted octanol–water partition coefficient (Wildman–Crippen LogP) is 3.89. The van der Waals surface area contributed by atoms with E-state index in [9.17, 15) is 4.79 Å². The highest BCUT2D eigenvalue weighted by Gasteiger charge is 2.12. The molecule has 0 aliphatic rings. The fraction of sp³-hybridized carbons (Fsp3) is 0.0556. The van der Waals surface area contributed by atoms with Crippen molar-refractivity contribution in [3.05, 3.63) is 66.8 Å². The van der Waals surface area contributed by atoms with Crippen LogP contribution in [0.1, 0.15) is 16.4 Å². The Kier molecular flexibility index (Phi) is 3.66. The molecule has 0 aliphatic carbocycles. The summed E-state index contributed by atoms with van der Waals surface area (Å²) in [5, 5.41) is 9.66. The van der Waals surface area contributed by atoms with Gasteiger partial charge in [-0.1, -0.05) is 12.1 Å². The zero-order valence-corrected chi connectivity index (χ0v) is 13.3. The number of hydrogen-bond acceptors (Lipinski definition) is 5. The van der Waals surface area contributed by atoms with Gasteiger partial charge in [-0.25, -0.2) is 4.98 Å². The van der Waals surface area contributed by atoms with Gasteiger partial charge >= 0.3 is 0 Å². The number of aryl methyl sites for hydroxylation is 1. The molecule has 0 saturated heterocycles. The summed E-state index contributed by atoms with van der Waals surface area (Å²) in [5.74, 6) is 0.340. The van der Waals surface area contributed by atoms with Crippen molar-refractivity contribution >= 4 is 11.6 Å². The molecule has 0 unspecified atom stereocenters. The monoisotopic (exact) mass is 334 g/mol. The molecule has 0 aliphatic heterocycles. The highest BCUT2D eigenvalue weighted by atomic mass is 16.3. The number of carbonyl (C=O) groups excluding carboxylic acids is 1. The number of aromatic amines is 1. The fourth-order valence-corrected chi connectivity index (χ4v) is 2.41. The zero-order valence-electron chi connectivity index (χ0n) is 13.3. The number of benzene rings is 1. The van der Waals surface area contributed by atoms with Crippen molar-refractivity contribution in [3.8, 4) is 22.5 Å². The summed E-state index contributed by atoms with van der Waals surface area (Å²) >= 11 is 0. The molecule has 124 valence electrons. The predicted molar refractivity (Wildman–Crippen MR) is 90.9 cm³/mol. The quantitative estimate of drug-likeness (QED) is 0.590. The Morgan fingerprint density at radius 2 is 1.92 bits per heavy atom. The molecule has 0 bridgehead atoms. The number of aromatic nitrogens is 3. The Morgan fingerprint density at radius 3 is 2.60 bits per heavy atom. The SMILES string of the molecule is Cc1nc(-c2ccc(NC(=O)c3cc(-c4ccoc4)n[nH]3)cc2)co1. The van der Waals surface area contributed by atoms with Gasteiger partial charge in [0.15, 0.2) is 5.89 Å². The summed E-state index contributed by atoms with van der Waals surface area (Å²) in [7, 11) is 0. The molecular formula is C18H14N4O3. The molecule has 1 amide bonds. The van der Waals surface area contributed by atoms with Crippen molar-refractivity contribution in [3.63, 3.8) is 0 Å². The Labute approximate surface area is 142 Å². The molecule has 0 spiro atoms. The molecule has 3 aromatic heterocycles. The van der Waals surface area contributed by atoms with Crippen molar-refractivity contribution in [1.29, 1.82) is 0 Å². The molecule has 4 aromatic rings. The molecule has 0 radical (unpaired) electrons. The molecule has 3 heterocycles. The van der Waals surface area contributed by atoms with E-state index >= 15 is 0 Å². The number of furan rings is 1. The third kappa shape index (κ3) is 3.07. The number of anilines is 1. The van der Waals surface area contributed by atoms with E-state index in [2.05, 4.69) is 20.5 Å². The van der Waals surface area contributed by atoms with Crippen molar-refractivity contribution in [1.82, 2.24) is 15.2 Å². The lowest BCUT2D eigenvalue weighted by Gasteiger charge is -2.04. The third-order valence-corrected chi connectivity index (χ3v) is 3.70. The lowest BCUT2D eigenvalue weighted by atomic mass is 10.1. The maximum Gasteiger partial charge on any atom is 0.273 e. The van der Waals surface area contributed by atoms with Gasteiger partial charge in [-0.3, -0.25) is 9.89 Å². The van der Waals surface area contributed by atoms with Gasteiger partial charge in [0.1, 0.15) is 17.7 Å². The molecular weight excluding hydrogens is 320 g/mol. The first-order valence-electron chi connectivity index (χ1n) is 7.61. The van der Waals surface area contributed by atoms with Crippen LogP contribution in [0, 0.1) is 6.92 Å². The van der Waals surface area contributed by atoms with Crippen LogP contribution >= 0.6 is 0 Å². The largest absolute Gasteiger partial charge is 0.472 e. The first-order chi connectivity index (χ1) is 12.2. The van der Waals surface area contributed by atoms with Crippen LogP contribution in [-0.4, -0.2) is 21.1 Å². The minimum absolute atomic E-state index is 0.271. The van der Waals surface area contributed by atoms with E-state index in [1.807, 2.05) is 24.3 Å². The first kappa shape index (κ1) is 14.9. The Bertz CT molecular complexity index is 997. The van der Waals surface area contributed by atoms with Crippen molar-refractivity contribution in [2.24, 2.45) is 0 Å². The van der Waals surface area contributed by atoms with Crippen LogP contribution in [-0.2, 0) is 0 Å². The maximum atomic E-state index is 12.3.